The average molecular weight is 319 g/mol. The molecule has 1 aromatic heterocycles. The van der Waals surface area contributed by atoms with E-state index in [4.69, 9.17) is 5.26 Å². The number of nitrogens with zero attached hydrogens (tertiary/aromatic N) is 3. The molecule has 0 radical (unpaired) electrons. The minimum absolute atomic E-state index is 0.0540. The van der Waals surface area contributed by atoms with Gasteiger partial charge in [-0.15, -0.1) is 0 Å². The van der Waals surface area contributed by atoms with Gasteiger partial charge in [0.05, 0.1) is 18.3 Å². The van der Waals surface area contributed by atoms with Gasteiger partial charge < -0.3 is 0 Å². The van der Waals surface area contributed by atoms with Crippen molar-refractivity contribution in [2.75, 3.05) is 0 Å². The lowest BCUT2D eigenvalue weighted by molar-refractivity contribution is 0.436. The minimum Gasteiger partial charge on any atom is -0.264 e. The Morgan fingerprint density at radius 3 is 2.83 bits per heavy atom. The lowest BCUT2D eigenvalue weighted by Crippen LogP contribution is -2.14. The number of aromatic nitrogens is 2. The molecule has 3 rings (SSSR count). The fraction of sp³-hybridized carbons (Fsp3) is 0.412. The lowest BCUT2D eigenvalue weighted by atomic mass is 9.83. The number of rotatable bonds is 3. The Hall–Kier alpha value is -2.29. The second-order valence-corrected chi connectivity index (χ2v) is 5.89. The van der Waals surface area contributed by atoms with Crippen molar-refractivity contribution in [3.8, 4) is 6.07 Å². The molecular weight excluding hydrogens is 303 g/mol. The van der Waals surface area contributed by atoms with Crippen LogP contribution in [-0.4, -0.2) is 9.78 Å². The summed E-state index contributed by atoms with van der Waals surface area (Å²) in [7, 11) is 0. The van der Waals surface area contributed by atoms with Crippen LogP contribution in [0.25, 0.3) is 0 Å². The molecule has 1 aliphatic rings. The highest BCUT2D eigenvalue weighted by molar-refractivity contribution is 5.33. The van der Waals surface area contributed by atoms with E-state index in [1.807, 2.05) is 6.92 Å². The summed E-state index contributed by atoms with van der Waals surface area (Å²) in [5, 5.41) is 13.4. The van der Waals surface area contributed by atoms with E-state index in [0.29, 0.717) is 6.42 Å². The van der Waals surface area contributed by atoms with Gasteiger partial charge in [-0.2, -0.15) is 10.4 Å². The molecule has 1 heterocycles. The van der Waals surface area contributed by atoms with Crippen molar-refractivity contribution in [3.63, 3.8) is 0 Å². The van der Waals surface area contributed by atoms with Crippen LogP contribution in [0.1, 0.15) is 47.7 Å². The van der Waals surface area contributed by atoms with Crippen molar-refractivity contribution in [2.24, 2.45) is 0 Å². The van der Waals surface area contributed by atoms with Gasteiger partial charge in [-0.05, 0) is 32.3 Å². The van der Waals surface area contributed by atoms with Crippen LogP contribution in [0.5, 0.6) is 0 Å². The van der Waals surface area contributed by atoms with Crippen molar-refractivity contribution in [1.29, 1.82) is 5.26 Å². The number of halogens is 3. The van der Waals surface area contributed by atoms with Crippen LogP contribution in [0, 0.1) is 35.7 Å². The van der Waals surface area contributed by atoms with E-state index in [1.165, 1.54) is 6.07 Å². The van der Waals surface area contributed by atoms with Crippen LogP contribution < -0.4 is 0 Å². The molecule has 6 heteroatoms. The number of hydrogen-bond donors (Lipinski definition) is 0. The maximum atomic E-state index is 13.9. The molecule has 0 amide bonds. The van der Waals surface area contributed by atoms with Crippen LogP contribution in [-0.2, 0) is 13.0 Å². The quantitative estimate of drug-likeness (QED) is 0.803. The summed E-state index contributed by atoms with van der Waals surface area (Å²) >= 11 is 0. The number of nitriles is 1. The minimum atomic E-state index is -1.46. The molecule has 120 valence electrons. The first-order valence-corrected chi connectivity index (χ1v) is 7.58. The maximum Gasteiger partial charge on any atom is 0.194 e. The highest BCUT2D eigenvalue weighted by Crippen LogP contribution is 2.36. The Balaban J connectivity index is 1.98. The molecule has 3 nitrogen and oxygen atoms in total. The van der Waals surface area contributed by atoms with Crippen LogP contribution in [0.3, 0.4) is 0 Å². The third-order valence-corrected chi connectivity index (χ3v) is 4.43. The van der Waals surface area contributed by atoms with E-state index in [1.54, 1.807) is 4.68 Å². The van der Waals surface area contributed by atoms with Crippen LogP contribution >= 0.6 is 0 Å². The van der Waals surface area contributed by atoms with Gasteiger partial charge in [-0.3, -0.25) is 4.68 Å². The summed E-state index contributed by atoms with van der Waals surface area (Å²) in [6, 6.07) is 4.37. The molecule has 0 saturated carbocycles. The molecule has 0 N–H and O–H groups in total. The molecular formula is C17H16F3N3. The zero-order valence-corrected chi connectivity index (χ0v) is 12.7. The summed E-state index contributed by atoms with van der Waals surface area (Å²) < 4.78 is 42.0. The summed E-state index contributed by atoms with van der Waals surface area (Å²) in [5.74, 6) is -3.68. The van der Waals surface area contributed by atoms with Gasteiger partial charge in [0, 0.05) is 29.2 Å². The Kier molecular flexibility index (Phi) is 4.12. The Labute approximate surface area is 132 Å². The molecule has 23 heavy (non-hydrogen) atoms. The van der Waals surface area contributed by atoms with E-state index < -0.39 is 17.5 Å². The number of aryl methyl sites for hydroxylation is 1. The molecule has 0 bridgehead atoms. The van der Waals surface area contributed by atoms with Gasteiger partial charge in [0.2, 0.25) is 0 Å². The topological polar surface area (TPSA) is 41.6 Å². The third kappa shape index (κ3) is 2.72. The number of fused-ring (bicyclic) bond motifs is 1. The first-order chi connectivity index (χ1) is 11.0. The predicted octanol–water partition coefficient (Wildman–Crippen LogP) is 3.99. The van der Waals surface area contributed by atoms with Crippen LogP contribution in [0.2, 0.25) is 0 Å². The zero-order chi connectivity index (χ0) is 16.6. The summed E-state index contributed by atoms with van der Waals surface area (Å²) in [5.41, 5.74) is 2.92. The van der Waals surface area contributed by atoms with Gasteiger partial charge in [-0.1, -0.05) is 6.07 Å². The Morgan fingerprint density at radius 2 is 2.09 bits per heavy atom. The number of benzene rings is 1. The summed E-state index contributed by atoms with van der Waals surface area (Å²) in [4.78, 5) is 0. The van der Waals surface area contributed by atoms with Gasteiger partial charge in [-0.25, -0.2) is 13.2 Å². The van der Waals surface area contributed by atoms with Crippen LogP contribution in [0.15, 0.2) is 12.1 Å². The molecule has 0 spiro atoms. The Morgan fingerprint density at radius 1 is 1.30 bits per heavy atom. The standard InChI is InChI=1S/C17H16F3N3/c1-10-15-11(7-8-21)3-2-4-14(15)23(22-10)9-12-5-6-13(18)17(20)16(12)19/h5-6,11H,2-4,7,9H2,1H3. The van der Waals surface area contributed by atoms with Crippen LogP contribution in [0.4, 0.5) is 13.2 Å². The van der Waals surface area contributed by atoms with E-state index in [2.05, 4.69) is 11.2 Å². The van der Waals surface area contributed by atoms with Crippen molar-refractivity contribution < 1.29 is 13.2 Å². The smallest absolute Gasteiger partial charge is 0.194 e. The highest BCUT2D eigenvalue weighted by Gasteiger charge is 2.27. The fourth-order valence-corrected chi connectivity index (χ4v) is 3.39. The van der Waals surface area contributed by atoms with Gasteiger partial charge in [0.15, 0.2) is 17.5 Å². The van der Waals surface area contributed by atoms with E-state index in [9.17, 15) is 13.2 Å². The summed E-state index contributed by atoms with van der Waals surface area (Å²) in [6.07, 6.45) is 3.10. The molecule has 1 aromatic carbocycles. The third-order valence-electron chi connectivity index (χ3n) is 4.43. The fourth-order valence-electron chi connectivity index (χ4n) is 3.39. The molecule has 0 aliphatic heterocycles. The average Bonchev–Trinajstić information content (AvgIpc) is 2.85. The monoisotopic (exact) mass is 319 g/mol. The van der Waals surface area contributed by atoms with E-state index >= 15 is 0 Å². The SMILES string of the molecule is Cc1nn(Cc2ccc(F)c(F)c2F)c2c1C(CC#N)CCC2. The normalized spacial score (nSPS) is 16.9. The largest absolute Gasteiger partial charge is 0.264 e. The molecule has 1 unspecified atom stereocenters. The Bertz CT molecular complexity index is 789. The summed E-state index contributed by atoms with van der Waals surface area (Å²) in [6.45, 7) is 1.92. The molecule has 2 aromatic rings. The first kappa shape index (κ1) is 15.6. The van der Waals surface area contributed by atoms with E-state index in [-0.39, 0.29) is 18.0 Å². The van der Waals surface area contributed by atoms with Gasteiger partial charge >= 0.3 is 0 Å². The molecule has 0 fully saturated rings. The second-order valence-electron chi connectivity index (χ2n) is 5.89. The number of hydrogen-bond acceptors (Lipinski definition) is 2. The van der Waals surface area contributed by atoms with Gasteiger partial charge in [0.25, 0.3) is 0 Å². The molecule has 1 aliphatic carbocycles. The lowest BCUT2D eigenvalue weighted by Gasteiger charge is -2.21. The van der Waals surface area contributed by atoms with Crippen molar-refractivity contribution in [1.82, 2.24) is 9.78 Å². The second kappa shape index (κ2) is 6.07. The highest BCUT2D eigenvalue weighted by atomic mass is 19.2. The molecule has 0 saturated heterocycles. The predicted molar refractivity (Wildman–Crippen MR) is 78.3 cm³/mol. The van der Waals surface area contributed by atoms with E-state index in [0.717, 1.165) is 42.3 Å². The molecule has 1 atom stereocenters. The van der Waals surface area contributed by atoms with Crippen molar-refractivity contribution >= 4 is 0 Å². The maximum absolute atomic E-state index is 13.9. The van der Waals surface area contributed by atoms with Gasteiger partial charge in [0.1, 0.15) is 0 Å². The van der Waals surface area contributed by atoms with Crippen molar-refractivity contribution in [2.45, 2.75) is 45.1 Å². The zero-order valence-electron chi connectivity index (χ0n) is 12.7. The van der Waals surface area contributed by atoms with Crippen molar-refractivity contribution in [3.05, 3.63) is 52.1 Å². The first-order valence-electron chi connectivity index (χ1n) is 7.58.